The van der Waals surface area contributed by atoms with E-state index in [0.717, 1.165) is 29.7 Å². The van der Waals surface area contributed by atoms with Gasteiger partial charge in [0.15, 0.2) is 0 Å². The Morgan fingerprint density at radius 2 is 1.59 bits per heavy atom. The average molecular weight is 607 g/mol. The molecule has 13 heteroatoms. The third kappa shape index (κ3) is 7.15. The molecule has 0 atom stereocenters. The molecule has 1 aromatic heterocycles. The van der Waals surface area contributed by atoms with Crippen LogP contribution in [0, 0.1) is 0 Å². The van der Waals surface area contributed by atoms with Crippen molar-refractivity contribution < 1.29 is 32.3 Å². The van der Waals surface area contributed by atoms with Crippen LogP contribution < -0.4 is 5.32 Å². The van der Waals surface area contributed by atoms with Crippen molar-refractivity contribution in [3.05, 3.63) is 45.8 Å². The number of sulfonamides is 1. The number of methoxy groups -OCH3 is 2. The van der Waals surface area contributed by atoms with Gasteiger partial charge in [0.1, 0.15) is 5.00 Å². The van der Waals surface area contributed by atoms with Gasteiger partial charge in [-0.2, -0.15) is 4.31 Å². The minimum absolute atomic E-state index is 0.0309. The van der Waals surface area contributed by atoms with Crippen molar-refractivity contribution in [2.45, 2.75) is 44.0 Å². The van der Waals surface area contributed by atoms with Crippen LogP contribution in [0.15, 0.2) is 29.2 Å². The fraction of sp³-hybridized carbons (Fsp3) is 0.536. The Labute approximate surface area is 245 Å². The second-order valence-corrected chi connectivity index (χ2v) is 13.2. The van der Waals surface area contributed by atoms with Gasteiger partial charge in [0, 0.05) is 64.3 Å². The molecule has 0 saturated carbocycles. The molecule has 0 radical (unpaired) electrons. The highest BCUT2D eigenvalue weighted by molar-refractivity contribution is 7.89. The molecule has 1 saturated heterocycles. The summed E-state index contributed by atoms with van der Waals surface area (Å²) in [5.74, 6) is -0.571. The van der Waals surface area contributed by atoms with Gasteiger partial charge >= 0.3 is 0 Å². The molecule has 224 valence electrons. The van der Waals surface area contributed by atoms with Crippen molar-refractivity contribution in [3.8, 4) is 0 Å². The number of carbonyl (C=O) groups is 3. The maximum Gasteiger partial charge on any atom is 0.257 e. The van der Waals surface area contributed by atoms with Gasteiger partial charge in [0.05, 0.1) is 30.2 Å². The average Bonchev–Trinajstić information content (AvgIpc) is 3.34. The molecule has 2 aromatic rings. The third-order valence-electron chi connectivity index (χ3n) is 7.43. The zero-order valence-electron chi connectivity index (χ0n) is 23.8. The fourth-order valence-electron chi connectivity index (χ4n) is 5.08. The van der Waals surface area contributed by atoms with Crippen molar-refractivity contribution in [3.63, 3.8) is 0 Å². The number of nitrogens with one attached hydrogen (secondary N) is 1. The Morgan fingerprint density at radius 1 is 0.951 bits per heavy atom. The van der Waals surface area contributed by atoms with Crippen molar-refractivity contribution in [1.29, 1.82) is 0 Å². The van der Waals surface area contributed by atoms with E-state index in [4.69, 9.17) is 9.47 Å². The van der Waals surface area contributed by atoms with Crippen LogP contribution in [0.2, 0.25) is 0 Å². The minimum Gasteiger partial charge on any atom is -0.383 e. The molecule has 1 N–H and O–H groups in total. The number of piperidine rings is 1. The Bertz CT molecular complexity index is 1340. The van der Waals surface area contributed by atoms with E-state index in [1.54, 1.807) is 4.90 Å². The van der Waals surface area contributed by atoms with Crippen LogP contribution in [0.25, 0.3) is 0 Å². The molecule has 0 spiro atoms. The quantitative estimate of drug-likeness (QED) is 0.417. The highest BCUT2D eigenvalue weighted by Crippen LogP contribution is 2.38. The van der Waals surface area contributed by atoms with Gasteiger partial charge < -0.3 is 24.6 Å². The summed E-state index contributed by atoms with van der Waals surface area (Å²) in [6, 6.07) is 5.73. The number of thiophene rings is 1. The zero-order chi connectivity index (χ0) is 29.6. The molecular weight excluding hydrogens is 568 g/mol. The maximum absolute atomic E-state index is 13.7. The fourth-order valence-corrected chi connectivity index (χ4v) is 7.74. The summed E-state index contributed by atoms with van der Waals surface area (Å²) in [6.45, 7) is 4.61. The van der Waals surface area contributed by atoms with Crippen LogP contribution in [0.1, 0.15) is 57.3 Å². The lowest BCUT2D eigenvalue weighted by molar-refractivity contribution is -0.129. The molecule has 2 aliphatic rings. The van der Waals surface area contributed by atoms with E-state index in [9.17, 15) is 22.8 Å². The number of hydrogen-bond acceptors (Lipinski definition) is 8. The van der Waals surface area contributed by atoms with E-state index < -0.39 is 15.9 Å². The molecular formula is C28H38N4O7S2. The van der Waals surface area contributed by atoms with Gasteiger partial charge in [0.25, 0.3) is 11.8 Å². The molecule has 11 nitrogen and oxygen atoms in total. The Kier molecular flexibility index (Phi) is 10.5. The Morgan fingerprint density at radius 3 is 2.17 bits per heavy atom. The van der Waals surface area contributed by atoms with E-state index in [0.29, 0.717) is 43.2 Å². The van der Waals surface area contributed by atoms with E-state index in [-0.39, 0.29) is 48.6 Å². The highest BCUT2D eigenvalue weighted by atomic mass is 32.2. The first-order valence-corrected chi connectivity index (χ1v) is 16.0. The normalized spacial score (nSPS) is 15.6. The number of anilines is 1. The van der Waals surface area contributed by atoms with Gasteiger partial charge in [-0.25, -0.2) is 8.42 Å². The number of hydrogen-bond donors (Lipinski definition) is 1. The monoisotopic (exact) mass is 606 g/mol. The number of fused-ring (bicyclic) bond motifs is 1. The zero-order valence-corrected chi connectivity index (χ0v) is 25.4. The van der Waals surface area contributed by atoms with Crippen LogP contribution in [0.3, 0.4) is 0 Å². The van der Waals surface area contributed by atoms with Crippen molar-refractivity contribution >= 4 is 44.1 Å². The van der Waals surface area contributed by atoms with E-state index >= 15 is 0 Å². The summed E-state index contributed by atoms with van der Waals surface area (Å²) in [7, 11) is -0.824. The number of ether oxygens (including phenoxy) is 2. The number of carbonyl (C=O) groups excluding carboxylic acids is 3. The summed E-state index contributed by atoms with van der Waals surface area (Å²) < 4.78 is 37.8. The molecule has 0 aliphatic carbocycles. The molecule has 2 aliphatic heterocycles. The number of rotatable bonds is 11. The number of nitrogens with zero attached hydrogens (tertiary/aromatic N) is 3. The molecule has 3 heterocycles. The lowest BCUT2D eigenvalue weighted by atomic mass is 10.0. The lowest BCUT2D eigenvalue weighted by Gasteiger charge is -2.29. The smallest absolute Gasteiger partial charge is 0.257 e. The topological polar surface area (TPSA) is 126 Å². The van der Waals surface area contributed by atoms with Gasteiger partial charge in [-0.15, -0.1) is 11.3 Å². The minimum atomic E-state index is -3.83. The van der Waals surface area contributed by atoms with Crippen LogP contribution in [0.5, 0.6) is 0 Å². The molecule has 41 heavy (non-hydrogen) atoms. The van der Waals surface area contributed by atoms with Crippen molar-refractivity contribution in [2.75, 3.05) is 65.5 Å². The third-order valence-corrected chi connectivity index (χ3v) is 10.5. The first-order chi connectivity index (χ1) is 19.7. The predicted octanol–water partition coefficient (Wildman–Crippen LogP) is 2.81. The van der Waals surface area contributed by atoms with E-state index in [2.05, 4.69) is 5.32 Å². The first-order valence-electron chi connectivity index (χ1n) is 13.8. The summed E-state index contributed by atoms with van der Waals surface area (Å²) >= 11 is 1.33. The maximum atomic E-state index is 13.7. The first kappa shape index (κ1) is 31.1. The Hall–Kier alpha value is -2.84. The summed E-state index contributed by atoms with van der Waals surface area (Å²) in [6.07, 6.45) is 3.53. The molecule has 0 unspecified atom stereocenters. The predicted molar refractivity (Wildman–Crippen MR) is 156 cm³/mol. The van der Waals surface area contributed by atoms with Gasteiger partial charge in [0.2, 0.25) is 15.9 Å². The van der Waals surface area contributed by atoms with Gasteiger partial charge in [-0.05, 0) is 55.5 Å². The molecule has 1 fully saturated rings. The van der Waals surface area contributed by atoms with Crippen LogP contribution >= 0.6 is 11.3 Å². The highest BCUT2D eigenvalue weighted by Gasteiger charge is 2.32. The summed E-state index contributed by atoms with van der Waals surface area (Å²) in [5, 5.41) is 3.38. The molecule has 4 rings (SSSR count). The standard InChI is InChI=1S/C28H38N4O7S2/c1-20(33)31-14-11-23-24(19-31)40-27(25(23)28(35)30-12-5-4-6-13-30)29-26(34)21-7-9-22(10-8-21)41(36,37)32(15-17-38-2)16-18-39-3/h7-10H,4-6,11-19H2,1-3H3,(H,29,34). The summed E-state index contributed by atoms with van der Waals surface area (Å²) in [5.41, 5.74) is 1.67. The summed E-state index contributed by atoms with van der Waals surface area (Å²) in [4.78, 5) is 43.6. The Balaban J connectivity index is 1.58. The molecule has 3 amide bonds. The second kappa shape index (κ2) is 13.9. The van der Waals surface area contributed by atoms with Crippen LogP contribution in [-0.4, -0.2) is 100 Å². The largest absolute Gasteiger partial charge is 0.383 e. The number of amides is 3. The van der Waals surface area contributed by atoms with E-state index in [1.807, 2.05) is 4.90 Å². The number of likely N-dealkylation sites (tertiary alicyclic amines) is 1. The lowest BCUT2D eigenvalue weighted by Crippen LogP contribution is -2.38. The van der Waals surface area contributed by atoms with Crippen LogP contribution in [-0.2, 0) is 37.3 Å². The molecule has 0 bridgehead atoms. The SMILES string of the molecule is COCCN(CCOC)S(=O)(=O)c1ccc(C(=O)Nc2sc3c(c2C(=O)N2CCCCC2)CCN(C(C)=O)C3)cc1. The molecule has 1 aromatic carbocycles. The van der Waals surface area contributed by atoms with Gasteiger partial charge in [-0.3, -0.25) is 14.4 Å². The van der Waals surface area contributed by atoms with Crippen LogP contribution in [0.4, 0.5) is 5.00 Å². The van der Waals surface area contributed by atoms with Gasteiger partial charge in [-0.1, -0.05) is 0 Å². The van der Waals surface area contributed by atoms with Crippen molar-refractivity contribution in [1.82, 2.24) is 14.1 Å². The number of benzene rings is 1. The second-order valence-electron chi connectivity index (χ2n) is 10.1. The van der Waals surface area contributed by atoms with Crippen molar-refractivity contribution in [2.24, 2.45) is 0 Å². The van der Waals surface area contributed by atoms with E-state index in [1.165, 1.54) is 61.1 Å².